The molecule has 0 saturated carbocycles. The summed E-state index contributed by atoms with van der Waals surface area (Å²) in [5.74, 6) is 0. The fourth-order valence-electron chi connectivity index (χ4n) is 2.35. The average Bonchev–Trinajstić information content (AvgIpc) is 2.54. The number of hydrogen-bond donors (Lipinski definition) is 1. The summed E-state index contributed by atoms with van der Waals surface area (Å²) in [4.78, 5) is 0.135. The summed E-state index contributed by atoms with van der Waals surface area (Å²) in [6, 6.07) is 5.51. The van der Waals surface area contributed by atoms with E-state index in [-0.39, 0.29) is 10.9 Å². The Bertz CT molecular complexity index is 760. The van der Waals surface area contributed by atoms with Gasteiger partial charge in [0.2, 0.25) is 10.0 Å². The van der Waals surface area contributed by atoms with Gasteiger partial charge in [-0.2, -0.15) is 17.0 Å². The Labute approximate surface area is 143 Å². The Morgan fingerprint density at radius 2 is 1.83 bits per heavy atom. The minimum atomic E-state index is -3.63. The zero-order valence-corrected chi connectivity index (χ0v) is 15.6. The molecule has 0 bridgehead atoms. The molecule has 136 valence electrons. The molecule has 1 heterocycles. The van der Waals surface area contributed by atoms with Gasteiger partial charge in [0.1, 0.15) is 0 Å². The van der Waals surface area contributed by atoms with E-state index in [1.807, 2.05) is 6.92 Å². The lowest BCUT2D eigenvalue weighted by atomic mass is 10.2. The van der Waals surface area contributed by atoms with Gasteiger partial charge in [-0.1, -0.05) is 6.92 Å². The highest BCUT2D eigenvalue weighted by molar-refractivity contribution is 7.90. The van der Waals surface area contributed by atoms with E-state index in [9.17, 15) is 16.8 Å². The van der Waals surface area contributed by atoms with Crippen LogP contribution in [0.2, 0.25) is 0 Å². The topological polar surface area (TPSA) is 96.0 Å². The summed E-state index contributed by atoms with van der Waals surface area (Å²) < 4.78 is 59.3. The summed E-state index contributed by atoms with van der Waals surface area (Å²) in [6.45, 7) is 2.99. The van der Waals surface area contributed by atoms with Crippen molar-refractivity contribution in [1.29, 1.82) is 0 Å². The highest BCUT2D eigenvalue weighted by atomic mass is 32.2. The summed E-state index contributed by atoms with van der Waals surface area (Å²) in [6.07, 6.45) is 0.667. The van der Waals surface area contributed by atoms with Crippen LogP contribution >= 0.6 is 0 Å². The minimum absolute atomic E-state index is 0.135. The van der Waals surface area contributed by atoms with Crippen molar-refractivity contribution in [3.8, 4) is 0 Å². The van der Waals surface area contributed by atoms with Crippen LogP contribution in [-0.2, 0) is 25.0 Å². The highest BCUT2D eigenvalue weighted by Crippen LogP contribution is 2.23. The molecule has 1 atom stereocenters. The molecule has 0 aromatic heterocycles. The van der Waals surface area contributed by atoms with E-state index in [2.05, 4.69) is 4.72 Å². The Kier molecular flexibility index (Phi) is 5.87. The van der Waals surface area contributed by atoms with Gasteiger partial charge in [-0.05, 0) is 30.7 Å². The molecule has 0 radical (unpaired) electrons. The fourth-order valence-corrected chi connectivity index (χ4v) is 4.63. The highest BCUT2D eigenvalue weighted by Gasteiger charge is 2.33. The lowest BCUT2D eigenvalue weighted by Crippen LogP contribution is -2.48. The van der Waals surface area contributed by atoms with Crippen LogP contribution in [0, 0.1) is 0 Å². The van der Waals surface area contributed by atoms with Crippen molar-refractivity contribution in [2.24, 2.45) is 0 Å². The van der Waals surface area contributed by atoms with Crippen molar-refractivity contribution in [1.82, 2.24) is 8.61 Å². The molecule has 1 N–H and O–H groups in total. The molecular weight excluding hydrogens is 354 g/mol. The van der Waals surface area contributed by atoms with E-state index in [0.29, 0.717) is 31.9 Å². The molecule has 0 aliphatic carbocycles. The first-order chi connectivity index (χ1) is 11.2. The van der Waals surface area contributed by atoms with Crippen LogP contribution < -0.4 is 4.72 Å². The molecule has 1 saturated heterocycles. The van der Waals surface area contributed by atoms with Gasteiger partial charge in [0, 0.05) is 32.4 Å². The third-order valence-corrected chi connectivity index (χ3v) is 7.25. The molecule has 0 unspecified atom stereocenters. The first kappa shape index (κ1) is 19.1. The molecule has 8 nitrogen and oxygen atoms in total. The zero-order chi connectivity index (χ0) is 18.0. The smallest absolute Gasteiger partial charge is 0.301 e. The Morgan fingerprint density at radius 3 is 2.38 bits per heavy atom. The summed E-state index contributed by atoms with van der Waals surface area (Å²) >= 11 is 0. The van der Waals surface area contributed by atoms with Crippen LogP contribution in [0.4, 0.5) is 5.69 Å². The number of nitrogens with one attached hydrogen (secondary N) is 1. The van der Waals surface area contributed by atoms with Crippen molar-refractivity contribution in [2.45, 2.75) is 24.3 Å². The lowest BCUT2D eigenvalue weighted by molar-refractivity contribution is 0.0314. The third-order valence-electron chi connectivity index (χ3n) is 3.83. The van der Waals surface area contributed by atoms with Crippen LogP contribution in [0.25, 0.3) is 0 Å². The van der Waals surface area contributed by atoms with Crippen molar-refractivity contribution >= 4 is 25.9 Å². The van der Waals surface area contributed by atoms with Crippen LogP contribution in [0.3, 0.4) is 0 Å². The molecular formula is C14H23N3O5S2. The average molecular weight is 377 g/mol. The van der Waals surface area contributed by atoms with Crippen molar-refractivity contribution in [3.63, 3.8) is 0 Å². The zero-order valence-electron chi connectivity index (χ0n) is 14.0. The van der Waals surface area contributed by atoms with Crippen LogP contribution in [0.15, 0.2) is 29.2 Å². The molecule has 24 heavy (non-hydrogen) atoms. The van der Waals surface area contributed by atoms with Crippen molar-refractivity contribution in [2.75, 3.05) is 38.6 Å². The van der Waals surface area contributed by atoms with E-state index in [1.54, 1.807) is 0 Å². The number of rotatable bonds is 6. The molecule has 1 aromatic rings. The Balaban J connectivity index is 2.23. The summed E-state index contributed by atoms with van der Waals surface area (Å²) in [7, 11) is -4.45. The van der Waals surface area contributed by atoms with Crippen LogP contribution in [0.5, 0.6) is 0 Å². The molecule has 1 aliphatic heterocycles. The second kappa shape index (κ2) is 7.36. The van der Waals surface area contributed by atoms with Gasteiger partial charge in [0.25, 0.3) is 0 Å². The van der Waals surface area contributed by atoms with Gasteiger partial charge in [0.05, 0.1) is 18.1 Å². The summed E-state index contributed by atoms with van der Waals surface area (Å²) in [5, 5.41) is 0. The van der Waals surface area contributed by atoms with Gasteiger partial charge >= 0.3 is 10.2 Å². The van der Waals surface area contributed by atoms with E-state index in [0.717, 1.165) is 4.31 Å². The monoisotopic (exact) mass is 377 g/mol. The van der Waals surface area contributed by atoms with E-state index in [1.165, 1.54) is 42.7 Å². The van der Waals surface area contributed by atoms with E-state index < -0.39 is 20.2 Å². The largest absolute Gasteiger partial charge is 0.378 e. The number of anilines is 1. The maximum atomic E-state index is 12.8. The molecule has 1 aromatic carbocycles. The molecule has 1 fully saturated rings. The number of ether oxygens (including phenoxy) is 1. The lowest BCUT2D eigenvalue weighted by Gasteiger charge is -2.34. The molecule has 2 rings (SSSR count). The number of benzene rings is 1. The van der Waals surface area contributed by atoms with Crippen molar-refractivity contribution < 1.29 is 21.6 Å². The van der Waals surface area contributed by atoms with E-state index >= 15 is 0 Å². The normalized spacial score (nSPS) is 20.2. The Morgan fingerprint density at radius 1 is 1.21 bits per heavy atom. The van der Waals surface area contributed by atoms with Crippen LogP contribution in [-0.4, -0.2) is 65.3 Å². The number of nitrogens with zero attached hydrogens (tertiary/aromatic N) is 2. The van der Waals surface area contributed by atoms with Gasteiger partial charge in [-0.25, -0.2) is 8.42 Å². The first-order valence-electron chi connectivity index (χ1n) is 7.58. The maximum absolute atomic E-state index is 12.8. The predicted molar refractivity (Wildman–Crippen MR) is 91.5 cm³/mol. The maximum Gasteiger partial charge on any atom is 0.301 e. The molecule has 1 aliphatic rings. The van der Waals surface area contributed by atoms with Gasteiger partial charge < -0.3 is 4.74 Å². The summed E-state index contributed by atoms with van der Waals surface area (Å²) in [5.41, 5.74) is 0.302. The SMILES string of the molecule is CC[C@H]1COCCN1S(=O)(=O)c1ccc(NS(=O)(=O)N(C)C)cc1. The Hall–Kier alpha value is -1.20. The first-order valence-corrected chi connectivity index (χ1v) is 10.5. The molecule has 0 amide bonds. The second-order valence-electron chi connectivity index (χ2n) is 5.67. The minimum Gasteiger partial charge on any atom is -0.378 e. The van der Waals surface area contributed by atoms with Gasteiger partial charge in [0.15, 0.2) is 0 Å². The molecule has 0 spiro atoms. The number of morpholine rings is 1. The fraction of sp³-hybridized carbons (Fsp3) is 0.571. The van der Waals surface area contributed by atoms with Crippen LogP contribution in [0.1, 0.15) is 13.3 Å². The van der Waals surface area contributed by atoms with Crippen molar-refractivity contribution in [3.05, 3.63) is 24.3 Å². The second-order valence-corrected chi connectivity index (χ2v) is 9.44. The predicted octanol–water partition coefficient (Wildman–Crippen LogP) is 0.704. The third kappa shape index (κ3) is 4.06. The van der Waals surface area contributed by atoms with Gasteiger partial charge in [-0.15, -0.1) is 0 Å². The van der Waals surface area contributed by atoms with Gasteiger partial charge in [-0.3, -0.25) is 4.72 Å². The number of hydrogen-bond acceptors (Lipinski definition) is 5. The number of sulfonamides is 1. The standard InChI is InChI=1S/C14H23N3O5S2/c1-4-13-11-22-10-9-17(13)23(18,19)14-7-5-12(6-8-14)15-24(20,21)16(2)3/h5-8,13,15H,4,9-11H2,1-3H3/t13-/m0/s1. The quantitative estimate of drug-likeness (QED) is 0.787. The van der Waals surface area contributed by atoms with E-state index in [4.69, 9.17) is 4.74 Å². The molecule has 10 heteroatoms.